The van der Waals surface area contributed by atoms with Gasteiger partial charge in [0.15, 0.2) is 0 Å². The Kier molecular flexibility index (Phi) is 8.23. The van der Waals surface area contributed by atoms with E-state index in [4.69, 9.17) is 21.1 Å². The number of halogens is 4. The number of benzene rings is 2. The van der Waals surface area contributed by atoms with Gasteiger partial charge in [-0.25, -0.2) is 9.97 Å². The highest BCUT2D eigenvalue weighted by Crippen LogP contribution is 2.38. The minimum Gasteiger partial charge on any atom is -0.495 e. The summed E-state index contributed by atoms with van der Waals surface area (Å²) in [6.07, 6.45) is -3.29. The summed E-state index contributed by atoms with van der Waals surface area (Å²) in [7, 11) is 6.58. The molecule has 0 bridgehead atoms. The van der Waals surface area contributed by atoms with Crippen LogP contribution in [0.15, 0.2) is 30.6 Å². The van der Waals surface area contributed by atoms with Crippen molar-refractivity contribution in [3.63, 3.8) is 0 Å². The van der Waals surface area contributed by atoms with Gasteiger partial charge in [-0.3, -0.25) is 4.79 Å². The van der Waals surface area contributed by atoms with Crippen LogP contribution in [0.5, 0.6) is 11.5 Å². The van der Waals surface area contributed by atoms with Crippen LogP contribution in [0, 0.1) is 0 Å². The second-order valence-electron chi connectivity index (χ2n) is 7.88. The fourth-order valence-electron chi connectivity index (χ4n) is 3.49. The molecule has 0 aliphatic rings. The Morgan fingerprint density at radius 3 is 2.49 bits per heavy atom. The highest BCUT2D eigenvalue weighted by Gasteiger charge is 2.39. The fraction of sp³-hybridized carbons (Fsp3) is 0.348. The van der Waals surface area contributed by atoms with E-state index in [0.717, 1.165) is 5.56 Å². The summed E-state index contributed by atoms with van der Waals surface area (Å²) in [5.74, 6) is -1.08. The van der Waals surface area contributed by atoms with E-state index >= 15 is 0 Å². The normalized spacial score (nSPS) is 11.6. The number of likely N-dealkylation sites (N-methyl/N-ethyl adjacent to an activating group) is 1. The number of nitrogens with one attached hydrogen (secondary N) is 2. The molecular weight excluding hydrogens is 487 g/mol. The molecule has 2 aromatic carbocycles. The summed E-state index contributed by atoms with van der Waals surface area (Å²) in [5.41, 5.74) is 1.75. The third-order valence-corrected chi connectivity index (χ3v) is 5.47. The third kappa shape index (κ3) is 6.23. The molecule has 0 aliphatic heterocycles. The number of fused-ring (bicyclic) bond motifs is 1. The lowest BCUT2D eigenvalue weighted by molar-refractivity contribution is -0.167. The topological polar surface area (TPSA) is 88.6 Å². The van der Waals surface area contributed by atoms with Gasteiger partial charge in [-0.1, -0.05) is 17.7 Å². The van der Waals surface area contributed by atoms with E-state index < -0.39 is 12.1 Å². The number of rotatable bonds is 9. The van der Waals surface area contributed by atoms with Crippen LogP contribution in [0.1, 0.15) is 11.1 Å². The maximum atomic E-state index is 13.0. The summed E-state index contributed by atoms with van der Waals surface area (Å²) in [5, 5.41) is 5.96. The number of amides is 1. The first kappa shape index (κ1) is 26.3. The molecule has 0 atom stereocenters. The van der Waals surface area contributed by atoms with Crippen molar-refractivity contribution in [2.45, 2.75) is 19.1 Å². The molecule has 1 aromatic heterocycles. The molecular formula is C23H25ClF3N5O3. The van der Waals surface area contributed by atoms with Crippen LogP contribution in [0.2, 0.25) is 5.02 Å². The minimum atomic E-state index is -5.06. The van der Waals surface area contributed by atoms with E-state index in [9.17, 15) is 18.0 Å². The molecule has 12 heteroatoms. The standard InChI is InChI=1S/C23H25ClF3N5O3/c1-32(2)8-7-14-19-15(10-17(20(14)35-4)31-22(33)23(25,26)27)21(30-12-29-19)28-11-13-5-6-18(34-3)16(24)9-13/h5-6,9-10,12H,7-8,11H2,1-4H3,(H,31,33)(H,28,29,30). The average Bonchev–Trinajstić information content (AvgIpc) is 2.80. The number of ether oxygens (including phenoxy) is 2. The molecule has 188 valence electrons. The minimum absolute atomic E-state index is 0.114. The number of alkyl halides is 3. The summed E-state index contributed by atoms with van der Waals surface area (Å²) >= 11 is 6.20. The van der Waals surface area contributed by atoms with Crippen molar-refractivity contribution >= 4 is 39.9 Å². The molecule has 0 aliphatic carbocycles. The van der Waals surface area contributed by atoms with Gasteiger partial charge in [-0.2, -0.15) is 13.2 Å². The average molecular weight is 512 g/mol. The van der Waals surface area contributed by atoms with Crippen LogP contribution in [-0.2, 0) is 17.8 Å². The maximum Gasteiger partial charge on any atom is 0.471 e. The monoisotopic (exact) mass is 511 g/mol. The Labute approximate surface area is 205 Å². The number of hydrogen-bond acceptors (Lipinski definition) is 7. The zero-order valence-corrected chi connectivity index (χ0v) is 20.3. The number of nitrogens with zero attached hydrogens (tertiary/aromatic N) is 3. The van der Waals surface area contributed by atoms with E-state index in [0.29, 0.717) is 52.6 Å². The summed E-state index contributed by atoms with van der Waals surface area (Å²) in [6.45, 7) is 0.887. The first-order valence-electron chi connectivity index (χ1n) is 10.5. The van der Waals surface area contributed by atoms with Gasteiger partial charge in [0.1, 0.15) is 23.6 Å². The molecule has 0 saturated carbocycles. The molecule has 0 saturated heterocycles. The SMILES string of the molecule is COc1ccc(CNc2ncnc3c(CCN(C)C)c(OC)c(NC(=O)C(F)(F)F)cc23)cc1Cl. The van der Waals surface area contributed by atoms with Crippen molar-refractivity contribution in [3.8, 4) is 11.5 Å². The predicted octanol–water partition coefficient (Wildman–Crippen LogP) is 4.52. The van der Waals surface area contributed by atoms with Gasteiger partial charge in [-0.15, -0.1) is 0 Å². The first-order valence-corrected chi connectivity index (χ1v) is 10.9. The predicted molar refractivity (Wildman–Crippen MR) is 128 cm³/mol. The second kappa shape index (κ2) is 11.0. The zero-order chi connectivity index (χ0) is 25.8. The van der Waals surface area contributed by atoms with Gasteiger partial charge < -0.3 is 25.0 Å². The molecule has 0 spiro atoms. The van der Waals surface area contributed by atoms with Crippen molar-refractivity contribution in [3.05, 3.63) is 46.7 Å². The molecule has 35 heavy (non-hydrogen) atoms. The van der Waals surface area contributed by atoms with Crippen LogP contribution in [0.3, 0.4) is 0 Å². The zero-order valence-electron chi connectivity index (χ0n) is 19.6. The molecule has 3 rings (SSSR count). The molecule has 0 unspecified atom stereocenters. The Balaban J connectivity index is 2.07. The van der Waals surface area contributed by atoms with Crippen molar-refractivity contribution in [2.75, 3.05) is 45.5 Å². The number of carbonyl (C=O) groups excluding carboxylic acids is 1. The van der Waals surface area contributed by atoms with E-state index in [1.807, 2.05) is 30.4 Å². The second-order valence-corrected chi connectivity index (χ2v) is 8.29. The van der Waals surface area contributed by atoms with Gasteiger partial charge in [0, 0.05) is 24.0 Å². The highest BCUT2D eigenvalue weighted by molar-refractivity contribution is 6.32. The van der Waals surface area contributed by atoms with Gasteiger partial charge in [0.05, 0.1) is 30.4 Å². The number of methoxy groups -OCH3 is 2. The Hall–Kier alpha value is -3.31. The fourth-order valence-corrected chi connectivity index (χ4v) is 3.77. The number of aromatic nitrogens is 2. The molecule has 0 fully saturated rings. The lowest BCUT2D eigenvalue weighted by Crippen LogP contribution is -2.30. The first-order chi connectivity index (χ1) is 16.5. The van der Waals surface area contributed by atoms with Crippen molar-refractivity contribution in [2.24, 2.45) is 0 Å². The van der Waals surface area contributed by atoms with Crippen LogP contribution in [-0.4, -0.2) is 61.8 Å². The van der Waals surface area contributed by atoms with Crippen LogP contribution >= 0.6 is 11.6 Å². The highest BCUT2D eigenvalue weighted by atomic mass is 35.5. The Morgan fingerprint density at radius 2 is 1.89 bits per heavy atom. The van der Waals surface area contributed by atoms with Gasteiger partial charge in [-0.05, 0) is 44.3 Å². The van der Waals surface area contributed by atoms with Crippen molar-refractivity contribution < 1.29 is 27.4 Å². The van der Waals surface area contributed by atoms with Gasteiger partial charge in [0.2, 0.25) is 0 Å². The number of carbonyl (C=O) groups is 1. The molecule has 0 radical (unpaired) electrons. The molecule has 3 aromatic rings. The molecule has 1 heterocycles. The van der Waals surface area contributed by atoms with Crippen molar-refractivity contribution in [1.82, 2.24) is 14.9 Å². The van der Waals surface area contributed by atoms with Crippen LogP contribution in [0.4, 0.5) is 24.7 Å². The Bertz CT molecular complexity index is 1220. The number of anilines is 2. The smallest absolute Gasteiger partial charge is 0.471 e. The van der Waals surface area contributed by atoms with E-state index in [1.54, 1.807) is 12.1 Å². The number of hydrogen-bond donors (Lipinski definition) is 2. The van der Waals surface area contributed by atoms with Gasteiger partial charge in [0.25, 0.3) is 0 Å². The third-order valence-electron chi connectivity index (χ3n) is 5.17. The maximum absolute atomic E-state index is 13.0. The van der Waals surface area contributed by atoms with E-state index in [1.165, 1.54) is 26.6 Å². The van der Waals surface area contributed by atoms with Crippen molar-refractivity contribution in [1.29, 1.82) is 0 Å². The quantitative estimate of drug-likeness (QED) is 0.437. The molecule has 2 N–H and O–H groups in total. The lowest BCUT2D eigenvalue weighted by Gasteiger charge is -2.20. The van der Waals surface area contributed by atoms with Crippen LogP contribution < -0.4 is 20.1 Å². The lowest BCUT2D eigenvalue weighted by atomic mass is 10.0. The van der Waals surface area contributed by atoms with Crippen LogP contribution in [0.25, 0.3) is 10.9 Å². The summed E-state index contributed by atoms with van der Waals surface area (Å²) in [6, 6.07) is 6.66. The largest absolute Gasteiger partial charge is 0.495 e. The molecule has 1 amide bonds. The van der Waals surface area contributed by atoms with E-state index in [2.05, 4.69) is 15.3 Å². The summed E-state index contributed by atoms with van der Waals surface area (Å²) in [4.78, 5) is 22.3. The summed E-state index contributed by atoms with van der Waals surface area (Å²) < 4.78 is 49.6. The molecule has 8 nitrogen and oxygen atoms in total. The van der Waals surface area contributed by atoms with E-state index in [-0.39, 0.29) is 11.4 Å². The Morgan fingerprint density at radius 1 is 1.14 bits per heavy atom. The van der Waals surface area contributed by atoms with Gasteiger partial charge >= 0.3 is 12.1 Å².